The molecule has 0 saturated carbocycles. The van der Waals surface area contributed by atoms with Gasteiger partial charge in [-0.05, 0) is 30.5 Å². The normalized spacial score (nSPS) is 13.4. The molecule has 1 aromatic rings. The summed E-state index contributed by atoms with van der Waals surface area (Å²) in [6.07, 6.45) is -4.67. The molecule has 0 saturated heterocycles. The summed E-state index contributed by atoms with van der Waals surface area (Å²) < 4.78 is 50.1. The van der Waals surface area contributed by atoms with Gasteiger partial charge < -0.3 is 10.8 Å². The minimum absolute atomic E-state index is 0.0136. The predicted octanol–water partition coefficient (Wildman–Crippen LogP) is 2.19. The Hall–Kier alpha value is -1.63. The van der Waals surface area contributed by atoms with Crippen LogP contribution in [0.3, 0.4) is 0 Å². The lowest BCUT2D eigenvalue weighted by atomic mass is 10.0. The van der Waals surface area contributed by atoms with Crippen molar-refractivity contribution in [3.63, 3.8) is 0 Å². The number of aryl methyl sites for hydroxylation is 1. The quantitative estimate of drug-likeness (QED) is 0.820. The van der Waals surface area contributed by atoms with Crippen LogP contribution in [0.5, 0.6) is 0 Å². The molecule has 7 heteroatoms. The summed E-state index contributed by atoms with van der Waals surface area (Å²) in [6, 6.07) is 0.977. The highest BCUT2D eigenvalue weighted by Crippen LogP contribution is 2.30. The second-order valence-corrected chi connectivity index (χ2v) is 3.79. The van der Waals surface area contributed by atoms with E-state index in [9.17, 15) is 22.4 Å². The number of carboxylic acid groups (broad SMARTS) is 1. The molecule has 0 unspecified atom stereocenters. The first kappa shape index (κ1) is 14.4. The molecule has 100 valence electrons. The molecule has 0 aliphatic carbocycles. The van der Waals surface area contributed by atoms with Crippen LogP contribution in [-0.4, -0.2) is 17.1 Å². The summed E-state index contributed by atoms with van der Waals surface area (Å²) in [6.45, 7) is 0. The molecule has 1 rings (SSSR count). The Morgan fingerprint density at radius 1 is 1.39 bits per heavy atom. The van der Waals surface area contributed by atoms with Crippen LogP contribution in [0.2, 0.25) is 0 Å². The van der Waals surface area contributed by atoms with Gasteiger partial charge in [-0.1, -0.05) is 6.07 Å². The third-order valence-corrected chi connectivity index (χ3v) is 2.42. The third kappa shape index (κ3) is 3.69. The Balaban J connectivity index is 2.78. The average molecular weight is 265 g/mol. The molecule has 0 aliphatic heterocycles. The zero-order valence-corrected chi connectivity index (χ0v) is 9.17. The molecule has 3 N–H and O–H groups in total. The Kier molecular flexibility index (Phi) is 4.28. The Labute approximate surface area is 100 Å². The van der Waals surface area contributed by atoms with Gasteiger partial charge in [-0.3, -0.25) is 4.79 Å². The van der Waals surface area contributed by atoms with Crippen molar-refractivity contribution in [2.24, 2.45) is 5.73 Å². The van der Waals surface area contributed by atoms with Crippen molar-refractivity contribution in [3.8, 4) is 0 Å². The Morgan fingerprint density at radius 3 is 2.44 bits per heavy atom. The van der Waals surface area contributed by atoms with Gasteiger partial charge >= 0.3 is 12.1 Å². The van der Waals surface area contributed by atoms with Crippen molar-refractivity contribution in [2.75, 3.05) is 0 Å². The van der Waals surface area contributed by atoms with E-state index in [0.717, 1.165) is 12.1 Å². The SMILES string of the molecule is N[C@@H](CCc1ccc(C(F)(F)F)cc1F)C(=O)O. The molecule has 0 spiro atoms. The van der Waals surface area contributed by atoms with Gasteiger partial charge in [-0.25, -0.2) is 4.39 Å². The zero-order valence-electron chi connectivity index (χ0n) is 9.17. The molecule has 0 heterocycles. The first-order chi connectivity index (χ1) is 8.21. The van der Waals surface area contributed by atoms with Gasteiger partial charge in [0.15, 0.2) is 0 Å². The van der Waals surface area contributed by atoms with Crippen LogP contribution in [0.15, 0.2) is 18.2 Å². The molecule has 0 bridgehead atoms. The number of halogens is 4. The molecule has 3 nitrogen and oxygen atoms in total. The summed E-state index contributed by atoms with van der Waals surface area (Å²) in [5.74, 6) is -2.25. The van der Waals surface area contributed by atoms with Crippen molar-refractivity contribution in [1.82, 2.24) is 0 Å². The van der Waals surface area contributed by atoms with Gasteiger partial charge in [-0.2, -0.15) is 13.2 Å². The van der Waals surface area contributed by atoms with E-state index in [4.69, 9.17) is 10.8 Å². The Bertz CT molecular complexity index is 445. The van der Waals surface area contributed by atoms with Crippen molar-refractivity contribution in [2.45, 2.75) is 25.1 Å². The van der Waals surface area contributed by atoms with Crippen LogP contribution in [0.4, 0.5) is 17.6 Å². The maximum Gasteiger partial charge on any atom is 0.416 e. The molecule has 0 amide bonds. The van der Waals surface area contributed by atoms with Gasteiger partial charge in [0.2, 0.25) is 0 Å². The molecule has 18 heavy (non-hydrogen) atoms. The lowest BCUT2D eigenvalue weighted by Gasteiger charge is -2.10. The van der Waals surface area contributed by atoms with Gasteiger partial charge in [-0.15, -0.1) is 0 Å². The van der Waals surface area contributed by atoms with E-state index in [0.29, 0.717) is 6.07 Å². The lowest BCUT2D eigenvalue weighted by Crippen LogP contribution is -2.30. The fourth-order valence-corrected chi connectivity index (χ4v) is 1.36. The number of carboxylic acids is 1. The van der Waals surface area contributed by atoms with Crippen LogP contribution < -0.4 is 5.73 Å². The van der Waals surface area contributed by atoms with Crippen LogP contribution in [0, 0.1) is 5.82 Å². The maximum atomic E-state index is 13.3. The van der Waals surface area contributed by atoms with E-state index < -0.39 is 29.6 Å². The molecular weight excluding hydrogens is 254 g/mol. The van der Waals surface area contributed by atoms with Gasteiger partial charge in [0.25, 0.3) is 0 Å². The van der Waals surface area contributed by atoms with Crippen LogP contribution in [-0.2, 0) is 17.4 Å². The van der Waals surface area contributed by atoms with Crippen molar-refractivity contribution >= 4 is 5.97 Å². The second-order valence-electron chi connectivity index (χ2n) is 3.79. The number of alkyl halides is 3. The number of hydrogen-bond acceptors (Lipinski definition) is 2. The van der Waals surface area contributed by atoms with Crippen molar-refractivity contribution in [1.29, 1.82) is 0 Å². The number of benzene rings is 1. The van der Waals surface area contributed by atoms with Gasteiger partial charge in [0.1, 0.15) is 11.9 Å². The third-order valence-electron chi connectivity index (χ3n) is 2.42. The van der Waals surface area contributed by atoms with Crippen molar-refractivity contribution < 1.29 is 27.5 Å². The second kappa shape index (κ2) is 5.34. The highest BCUT2D eigenvalue weighted by atomic mass is 19.4. The average Bonchev–Trinajstić information content (AvgIpc) is 2.25. The lowest BCUT2D eigenvalue weighted by molar-refractivity contribution is -0.139. The van der Waals surface area contributed by atoms with Gasteiger partial charge in [0, 0.05) is 0 Å². The van der Waals surface area contributed by atoms with E-state index in [1.54, 1.807) is 0 Å². The largest absolute Gasteiger partial charge is 0.480 e. The van der Waals surface area contributed by atoms with Crippen LogP contribution in [0.25, 0.3) is 0 Å². The van der Waals surface area contributed by atoms with Gasteiger partial charge in [0.05, 0.1) is 5.56 Å². The Morgan fingerprint density at radius 2 is 2.00 bits per heavy atom. The summed E-state index contributed by atoms with van der Waals surface area (Å²) in [5.41, 5.74) is 4.15. The number of nitrogens with two attached hydrogens (primary N) is 1. The molecule has 0 fully saturated rings. The van der Waals surface area contributed by atoms with E-state index in [-0.39, 0.29) is 18.4 Å². The van der Waals surface area contributed by atoms with Crippen molar-refractivity contribution in [3.05, 3.63) is 35.1 Å². The number of rotatable bonds is 4. The topological polar surface area (TPSA) is 63.3 Å². The molecule has 1 atom stereocenters. The summed E-state index contributed by atoms with van der Waals surface area (Å²) >= 11 is 0. The molecule has 0 radical (unpaired) electrons. The van der Waals surface area contributed by atoms with E-state index in [1.165, 1.54) is 0 Å². The molecular formula is C11H11F4NO2. The summed E-state index contributed by atoms with van der Waals surface area (Å²) in [7, 11) is 0. The fraction of sp³-hybridized carbons (Fsp3) is 0.364. The van der Waals surface area contributed by atoms with E-state index in [2.05, 4.69) is 0 Å². The number of hydrogen-bond donors (Lipinski definition) is 2. The smallest absolute Gasteiger partial charge is 0.416 e. The minimum Gasteiger partial charge on any atom is -0.480 e. The molecule has 1 aromatic carbocycles. The monoisotopic (exact) mass is 265 g/mol. The maximum absolute atomic E-state index is 13.3. The zero-order chi connectivity index (χ0) is 13.9. The standard InChI is InChI=1S/C11H11F4NO2/c12-8-5-7(11(13,14)15)3-1-6(8)2-4-9(16)10(17)18/h1,3,5,9H,2,4,16H2,(H,17,18)/t9-/m0/s1. The van der Waals surface area contributed by atoms with Crippen LogP contribution >= 0.6 is 0 Å². The molecule has 0 aromatic heterocycles. The fourth-order valence-electron chi connectivity index (χ4n) is 1.36. The number of aliphatic carboxylic acids is 1. The molecule has 0 aliphatic rings. The summed E-state index contributed by atoms with van der Waals surface area (Å²) in [5, 5.41) is 8.51. The van der Waals surface area contributed by atoms with E-state index >= 15 is 0 Å². The highest BCUT2D eigenvalue weighted by molar-refractivity contribution is 5.73. The summed E-state index contributed by atoms with van der Waals surface area (Å²) in [4.78, 5) is 10.4. The number of carbonyl (C=O) groups is 1. The highest BCUT2D eigenvalue weighted by Gasteiger charge is 2.31. The first-order valence-electron chi connectivity index (χ1n) is 5.06. The minimum atomic E-state index is -4.60. The first-order valence-corrected chi connectivity index (χ1v) is 5.06. The van der Waals surface area contributed by atoms with Crippen LogP contribution in [0.1, 0.15) is 17.5 Å². The predicted molar refractivity (Wildman–Crippen MR) is 55.3 cm³/mol. The van der Waals surface area contributed by atoms with E-state index in [1.807, 2.05) is 0 Å².